The standard InChI is InChI=1S/C15H26N6O8S/c16-6(3-11(18)24)12(25)21-9(5-30)14(27)20-8(4-22)13(26)19-7(15(28)29)1-2-10(17)23/h6-9,22,30H,1-5,16H2,(H2,17,23)(H2,18,24)(H,19,26)(H,20,27)(H,21,25)(H,28,29). The molecule has 170 valence electrons. The summed E-state index contributed by atoms with van der Waals surface area (Å²) in [5.41, 5.74) is 15.3. The third-order valence-corrected chi connectivity index (χ3v) is 4.05. The van der Waals surface area contributed by atoms with Gasteiger partial charge in [-0.25, -0.2) is 4.79 Å². The monoisotopic (exact) mass is 450 g/mol. The summed E-state index contributed by atoms with van der Waals surface area (Å²) in [5, 5.41) is 24.9. The van der Waals surface area contributed by atoms with Crippen molar-refractivity contribution in [3.05, 3.63) is 0 Å². The first-order chi connectivity index (χ1) is 13.9. The normalized spacial score (nSPS) is 14.5. The van der Waals surface area contributed by atoms with E-state index in [2.05, 4.69) is 28.6 Å². The van der Waals surface area contributed by atoms with Crippen molar-refractivity contribution >= 4 is 48.1 Å². The second-order valence-electron chi connectivity index (χ2n) is 6.17. The van der Waals surface area contributed by atoms with Gasteiger partial charge in [0.1, 0.15) is 18.1 Å². The fourth-order valence-electron chi connectivity index (χ4n) is 2.07. The lowest BCUT2D eigenvalue weighted by atomic mass is 10.1. The molecular weight excluding hydrogens is 424 g/mol. The number of carbonyl (C=O) groups excluding carboxylic acids is 5. The molecule has 15 heteroatoms. The predicted molar refractivity (Wildman–Crippen MR) is 105 cm³/mol. The molecule has 0 bridgehead atoms. The number of aliphatic hydroxyl groups is 1. The molecule has 5 amide bonds. The van der Waals surface area contributed by atoms with Crippen molar-refractivity contribution in [3.8, 4) is 0 Å². The average Bonchev–Trinajstić information content (AvgIpc) is 2.65. The highest BCUT2D eigenvalue weighted by molar-refractivity contribution is 7.80. The largest absolute Gasteiger partial charge is 0.480 e. The molecule has 30 heavy (non-hydrogen) atoms. The second-order valence-corrected chi connectivity index (χ2v) is 6.53. The molecule has 0 aliphatic rings. The molecule has 0 aromatic rings. The zero-order valence-electron chi connectivity index (χ0n) is 15.9. The van der Waals surface area contributed by atoms with Crippen LogP contribution in [0, 0.1) is 0 Å². The summed E-state index contributed by atoms with van der Waals surface area (Å²) in [7, 11) is 0. The number of aliphatic hydroxyl groups excluding tert-OH is 1. The van der Waals surface area contributed by atoms with Crippen molar-refractivity contribution in [2.75, 3.05) is 12.4 Å². The maximum atomic E-state index is 12.3. The first-order valence-electron chi connectivity index (χ1n) is 8.60. The molecule has 0 heterocycles. The highest BCUT2D eigenvalue weighted by Crippen LogP contribution is 2.00. The van der Waals surface area contributed by atoms with Crippen molar-refractivity contribution in [3.63, 3.8) is 0 Å². The summed E-state index contributed by atoms with van der Waals surface area (Å²) < 4.78 is 0. The van der Waals surface area contributed by atoms with E-state index in [1.807, 2.05) is 0 Å². The zero-order valence-corrected chi connectivity index (χ0v) is 16.8. The Hall–Kier alpha value is -2.91. The van der Waals surface area contributed by atoms with Crippen LogP contribution in [0.1, 0.15) is 19.3 Å². The van der Waals surface area contributed by atoms with E-state index in [4.69, 9.17) is 22.3 Å². The lowest BCUT2D eigenvalue weighted by Crippen LogP contribution is -2.58. The number of nitrogens with one attached hydrogen (secondary N) is 3. The smallest absolute Gasteiger partial charge is 0.326 e. The summed E-state index contributed by atoms with van der Waals surface area (Å²) in [6, 6.07) is -5.64. The SMILES string of the molecule is NC(=O)CCC(NC(=O)C(CO)NC(=O)C(CS)NC(=O)C(N)CC(N)=O)C(=O)O. The Morgan fingerprint density at radius 1 is 0.833 bits per heavy atom. The van der Waals surface area contributed by atoms with Crippen LogP contribution in [0.2, 0.25) is 0 Å². The molecule has 14 nitrogen and oxygen atoms in total. The number of hydrogen-bond donors (Lipinski definition) is 9. The average molecular weight is 450 g/mol. The number of thiol groups is 1. The van der Waals surface area contributed by atoms with Crippen LogP contribution >= 0.6 is 12.6 Å². The van der Waals surface area contributed by atoms with Gasteiger partial charge < -0.3 is 43.4 Å². The molecule has 4 atom stereocenters. The van der Waals surface area contributed by atoms with Gasteiger partial charge in [-0.3, -0.25) is 24.0 Å². The van der Waals surface area contributed by atoms with Crippen molar-refractivity contribution < 1.29 is 39.0 Å². The van der Waals surface area contributed by atoms with Crippen molar-refractivity contribution in [1.82, 2.24) is 16.0 Å². The Bertz CT molecular complexity index is 676. The van der Waals surface area contributed by atoms with Crippen molar-refractivity contribution in [2.24, 2.45) is 17.2 Å². The molecular formula is C15H26N6O8S. The Kier molecular flexibility index (Phi) is 12.0. The van der Waals surface area contributed by atoms with Crippen LogP contribution in [0.25, 0.3) is 0 Å². The third-order valence-electron chi connectivity index (χ3n) is 3.68. The van der Waals surface area contributed by atoms with E-state index in [0.29, 0.717) is 0 Å². The second kappa shape index (κ2) is 13.3. The van der Waals surface area contributed by atoms with Crippen LogP contribution in [-0.4, -0.2) is 82.2 Å². The van der Waals surface area contributed by atoms with Crippen LogP contribution in [0.15, 0.2) is 0 Å². The van der Waals surface area contributed by atoms with Crippen LogP contribution in [0.4, 0.5) is 0 Å². The Morgan fingerprint density at radius 3 is 1.77 bits per heavy atom. The molecule has 0 saturated heterocycles. The molecule has 11 N–H and O–H groups in total. The third kappa shape index (κ3) is 10.0. The fraction of sp³-hybridized carbons (Fsp3) is 0.600. The maximum absolute atomic E-state index is 12.3. The van der Waals surface area contributed by atoms with Crippen LogP contribution in [0.5, 0.6) is 0 Å². The Morgan fingerprint density at radius 2 is 1.33 bits per heavy atom. The van der Waals surface area contributed by atoms with Crippen molar-refractivity contribution in [1.29, 1.82) is 0 Å². The summed E-state index contributed by atoms with van der Waals surface area (Å²) in [5.74, 6) is -6.12. The molecule has 0 radical (unpaired) electrons. The highest BCUT2D eigenvalue weighted by Gasteiger charge is 2.29. The van der Waals surface area contributed by atoms with Gasteiger partial charge in [-0.05, 0) is 6.42 Å². The van der Waals surface area contributed by atoms with Gasteiger partial charge in [0.25, 0.3) is 0 Å². The molecule has 0 aromatic heterocycles. The highest BCUT2D eigenvalue weighted by atomic mass is 32.1. The molecule has 0 fully saturated rings. The first-order valence-corrected chi connectivity index (χ1v) is 9.23. The van der Waals surface area contributed by atoms with E-state index >= 15 is 0 Å². The number of carboxylic acid groups (broad SMARTS) is 1. The van der Waals surface area contributed by atoms with E-state index < -0.39 is 72.7 Å². The van der Waals surface area contributed by atoms with Gasteiger partial charge in [-0.2, -0.15) is 12.6 Å². The van der Waals surface area contributed by atoms with Crippen LogP contribution < -0.4 is 33.2 Å². The molecule has 0 spiro atoms. The number of nitrogens with two attached hydrogens (primary N) is 3. The number of amides is 5. The summed E-state index contributed by atoms with van der Waals surface area (Å²) in [4.78, 5) is 69.2. The van der Waals surface area contributed by atoms with Gasteiger partial charge in [0.05, 0.1) is 19.1 Å². The quantitative estimate of drug-likeness (QED) is 0.114. The minimum Gasteiger partial charge on any atom is -0.480 e. The summed E-state index contributed by atoms with van der Waals surface area (Å²) in [6.07, 6.45) is -1.07. The lowest BCUT2D eigenvalue weighted by Gasteiger charge is -2.23. The number of hydrogen-bond acceptors (Lipinski definition) is 9. The zero-order chi connectivity index (χ0) is 23.4. The topological polar surface area (TPSA) is 257 Å². The van der Waals surface area contributed by atoms with Gasteiger partial charge in [-0.15, -0.1) is 0 Å². The first kappa shape index (κ1) is 27.1. The van der Waals surface area contributed by atoms with E-state index in [9.17, 15) is 33.9 Å². The minimum atomic E-state index is -1.56. The molecule has 0 aliphatic carbocycles. The fourth-order valence-corrected chi connectivity index (χ4v) is 2.32. The van der Waals surface area contributed by atoms with Gasteiger partial charge in [0, 0.05) is 12.2 Å². The molecule has 0 aliphatic heterocycles. The van der Waals surface area contributed by atoms with E-state index in [0.717, 1.165) is 0 Å². The number of carboxylic acids is 1. The van der Waals surface area contributed by atoms with Crippen LogP contribution in [0.3, 0.4) is 0 Å². The number of primary amides is 2. The van der Waals surface area contributed by atoms with Crippen molar-refractivity contribution in [2.45, 2.75) is 43.4 Å². The Labute approximate surface area is 176 Å². The van der Waals surface area contributed by atoms with E-state index in [-0.39, 0.29) is 18.6 Å². The molecule has 4 unspecified atom stereocenters. The summed E-state index contributed by atoms with van der Waals surface area (Å²) >= 11 is 3.91. The minimum absolute atomic E-state index is 0.225. The van der Waals surface area contributed by atoms with E-state index in [1.54, 1.807) is 0 Å². The summed E-state index contributed by atoms with van der Waals surface area (Å²) in [6.45, 7) is -0.895. The number of rotatable bonds is 14. The van der Waals surface area contributed by atoms with Gasteiger partial charge in [0.15, 0.2) is 0 Å². The van der Waals surface area contributed by atoms with Crippen LogP contribution in [-0.2, 0) is 28.8 Å². The molecule has 0 rings (SSSR count). The molecule has 0 saturated carbocycles. The van der Waals surface area contributed by atoms with E-state index in [1.165, 1.54) is 0 Å². The Balaban J connectivity index is 5.00. The number of carbonyl (C=O) groups is 6. The lowest BCUT2D eigenvalue weighted by molar-refractivity contribution is -0.143. The predicted octanol–water partition coefficient (Wildman–Crippen LogP) is -5.08. The van der Waals surface area contributed by atoms with Gasteiger partial charge >= 0.3 is 5.97 Å². The molecule has 0 aromatic carbocycles. The van der Waals surface area contributed by atoms with Gasteiger partial charge in [-0.1, -0.05) is 0 Å². The number of aliphatic carboxylic acids is 1. The maximum Gasteiger partial charge on any atom is 0.326 e. The van der Waals surface area contributed by atoms with Gasteiger partial charge in [0.2, 0.25) is 29.5 Å².